The lowest BCUT2D eigenvalue weighted by Crippen LogP contribution is -2.31. The molecule has 0 heterocycles. The van der Waals surface area contributed by atoms with Crippen LogP contribution in [-0.2, 0) is 9.59 Å². The molecular formula is C19H32O4. The number of hydrogen-bond donors (Lipinski definition) is 2. The third-order valence-corrected chi connectivity index (χ3v) is 4.91. The minimum atomic E-state index is -0.977. The second-order valence-corrected chi connectivity index (χ2v) is 6.75. The van der Waals surface area contributed by atoms with E-state index in [0.29, 0.717) is 0 Å². The van der Waals surface area contributed by atoms with Crippen molar-refractivity contribution in [2.24, 2.45) is 17.8 Å². The normalized spacial score (nSPS) is 23.7. The SMILES string of the molecule is CCCCCCC1=CC(CCCCCC)C(C(=O)O)C1C(=O)O. The third-order valence-electron chi connectivity index (χ3n) is 4.91. The van der Waals surface area contributed by atoms with Crippen molar-refractivity contribution in [3.63, 3.8) is 0 Å². The molecule has 4 heteroatoms. The third kappa shape index (κ3) is 6.00. The summed E-state index contributed by atoms with van der Waals surface area (Å²) in [5.74, 6) is -3.67. The molecule has 0 aromatic carbocycles. The van der Waals surface area contributed by atoms with Crippen LogP contribution in [0, 0.1) is 17.8 Å². The van der Waals surface area contributed by atoms with Gasteiger partial charge in [0, 0.05) is 0 Å². The Morgan fingerprint density at radius 1 is 0.913 bits per heavy atom. The Morgan fingerprint density at radius 3 is 2.04 bits per heavy atom. The lowest BCUT2D eigenvalue weighted by molar-refractivity contribution is -0.153. The summed E-state index contributed by atoms with van der Waals surface area (Å²) in [6.45, 7) is 4.28. The molecule has 4 nitrogen and oxygen atoms in total. The maximum atomic E-state index is 11.6. The Labute approximate surface area is 140 Å². The Bertz CT molecular complexity index is 414. The minimum Gasteiger partial charge on any atom is -0.481 e. The van der Waals surface area contributed by atoms with E-state index >= 15 is 0 Å². The summed E-state index contributed by atoms with van der Waals surface area (Å²) in [5, 5.41) is 19.1. The van der Waals surface area contributed by atoms with Crippen LogP contribution in [0.2, 0.25) is 0 Å². The van der Waals surface area contributed by atoms with Crippen molar-refractivity contribution in [3.8, 4) is 0 Å². The van der Waals surface area contributed by atoms with Crippen LogP contribution in [0.5, 0.6) is 0 Å². The van der Waals surface area contributed by atoms with Crippen LogP contribution in [0.4, 0.5) is 0 Å². The van der Waals surface area contributed by atoms with E-state index in [-0.39, 0.29) is 5.92 Å². The van der Waals surface area contributed by atoms with Crippen molar-refractivity contribution in [1.29, 1.82) is 0 Å². The number of carboxylic acids is 2. The van der Waals surface area contributed by atoms with Gasteiger partial charge in [0.2, 0.25) is 0 Å². The van der Waals surface area contributed by atoms with Crippen LogP contribution >= 0.6 is 0 Å². The zero-order valence-electron chi connectivity index (χ0n) is 14.6. The van der Waals surface area contributed by atoms with Crippen molar-refractivity contribution in [2.75, 3.05) is 0 Å². The predicted octanol–water partition coefficient (Wildman–Crippen LogP) is 4.89. The number of carboxylic acid groups (broad SMARTS) is 2. The standard InChI is InChI=1S/C19H32O4/c1-3-5-7-9-11-14-13-15(12-10-8-6-4-2)17(19(22)23)16(14)18(20)21/h13-14,16-17H,3-12H2,1-2H3,(H,20,21)(H,22,23). The number of aliphatic carboxylic acids is 2. The minimum absolute atomic E-state index is 0.119. The lowest BCUT2D eigenvalue weighted by atomic mass is 9.83. The number of hydrogen-bond acceptors (Lipinski definition) is 2. The zero-order chi connectivity index (χ0) is 17.2. The summed E-state index contributed by atoms with van der Waals surface area (Å²) in [6, 6.07) is 0. The molecule has 0 aliphatic heterocycles. The molecule has 0 radical (unpaired) electrons. The summed E-state index contributed by atoms with van der Waals surface area (Å²) in [4.78, 5) is 23.3. The van der Waals surface area contributed by atoms with Crippen molar-refractivity contribution >= 4 is 11.9 Å². The first-order valence-electron chi connectivity index (χ1n) is 9.19. The van der Waals surface area contributed by atoms with E-state index in [1.165, 1.54) is 0 Å². The van der Waals surface area contributed by atoms with Crippen LogP contribution in [0.15, 0.2) is 11.6 Å². The van der Waals surface area contributed by atoms with Gasteiger partial charge < -0.3 is 10.2 Å². The van der Waals surface area contributed by atoms with Gasteiger partial charge in [-0.3, -0.25) is 9.59 Å². The van der Waals surface area contributed by atoms with Gasteiger partial charge in [-0.05, 0) is 25.2 Å². The van der Waals surface area contributed by atoms with Gasteiger partial charge in [0.1, 0.15) is 0 Å². The first-order chi connectivity index (χ1) is 11.0. The summed E-state index contributed by atoms with van der Waals surface area (Å²) < 4.78 is 0. The van der Waals surface area contributed by atoms with Gasteiger partial charge >= 0.3 is 11.9 Å². The van der Waals surface area contributed by atoms with Crippen LogP contribution < -0.4 is 0 Å². The molecule has 1 rings (SSSR count). The molecule has 0 saturated carbocycles. The molecule has 1 aliphatic rings. The van der Waals surface area contributed by atoms with Crippen LogP contribution in [0.1, 0.15) is 78.1 Å². The van der Waals surface area contributed by atoms with Crippen molar-refractivity contribution in [2.45, 2.75) is 78.1 Å². The molecule has 1 aliphatic carbocycles. The lowest BCUT2D eigenvalue weighted by Gasteiger charge is -2.20. The van der Waals surface area contributed by atoms with Gasteiger partial charge in [0.25, 0.3) is 0 Å². The molecule has 0 aromatic rings. The molecule has 3 atom stereocenters. The Kier molecular flexibility index (Phi) is 8.97. The highest BCUT2D eigenvalue weighted by atomic mass is 16.4. The fraction of sp³-hybridized carbons (Fsp3) is 0.789. The Hall–Kier alpha value is -1.32. The molecule has 2 N–H and O–H groups in total. The maximum absolute atomic E-state index is 11.6. The van der Waals surface area contributed by atoms with Gasteiger partial charge in [-0.15, -0.1) is 0 Å². The van der Waals surface area contributed by atoms with E-state index in [4.69, 9.17) is 0 Å². The molecule has 0 spiro atoms. The molecule has 0 amide bonds. The molecule has 0 aromatic heterocycles. The molecule has 132 valence electrons. The average Bonchev–Trinajstić information content (AvgIpc) is 2.87. The van der Waals surface area contributed by atoms with E-state index in [9.17, 15) is 19.8 Å². The Morgan fingerprint density at radius 2 is 1.52 bits per heavy atom. The van der Waals surface area contributed by atoms with Crippen LogP contribution in [-0.4, -0.2) is 22.2 Å². The fourth-order valence-corrected chi connectivity index (χ4v) is 3.66. The highest BCUT2D eigenvalue weighted by Crippen LogP contribution is 2.41. The van der Waals surface area contributed by atoms with Crippen molar-refractivity contribution in [3.05, 3.63) is 11.6 Å². The molecular weight excluding hydrogens is 292 g/mol. The fourth-order valence-electron chi connectivity index (χ4n) is 3.66. The summed E-state index contributed by atoms with van der Waals surface area (Å²) >= 11 is 0. The van der Waals surface area contributed by atoms with E-state index < -0.39 is 23.8 Å². The number of allylic oxidation sites excluding steroid dienone is 1. The van der Waals surface area contributed by atoms with Crippen LogP contribution in [0.25, 0.3) is 0 Å². The summed E-state index contributed by atoms with van der Waals surface area (Å²) in [5.41, 5.74) is 0.849. The van der Waals surface area contributed by atoms with E-state index in [1.54, 1.807) is 0 Å². The maximum Gasteiger partial charge on any atom is 0.311 e. The van der Waals surface area contributed by atoms with Gasteiger partial charge in [-0.2, -0.15) is 0 Å². The van der Waals surface area contributed by atoms with E-state index in [0.717, 1.165) is 69.8 Å². The van der Waals surface area contributed by atoms with Gasteiger partial charge in [-0.1, -0.05) is 70.4 Å². The molecule has 3 unspecified atom stereocenters. The van der Waals surface area contributed by atoms with Gasteiger partial charge in [0.15, 0.2) is 0 Å². The zero-order valence-corrected chi connectivity index (χ0v) is 14.6. The quantitative estimate of drug-likeness (QED) is 0.396. The number of unbranched alkanes of at least 4 members (excludes halogenated alkanes) is 6. The van der Waals surface area contributed by atoms with Crippen LogP contribution in [0.3, 0.4) is 0 Å². The second-order valence-electron chi connectivity index (χ2n) is 6.75. The van der Waals surface area contributed by atoms with Crippen molar-refractivity contribution < 1.29 is 19.8 Å². The largest absolute Gasteiger partial charge is 0.481 e. The number of rotatable bonds is 12. The molecule has 0 fully saturated rings. The first-order valence-corrected chi connectivity index (χ1v) is 9.19. The highest BCUT2D eigenvalue weighted by molar-refractivity contribution is 5.84. The van der Waals surface area contributed by atoms with Gasteiger partial charge in [0.05, 0.1) is 11.8 Å². The first kappa shape index (κ1) is 19.7. The van der Waals surface area contributed by atoms with Crippen molar-refractivity contribution in [1.82, 2.24) is 0 Å². The Balaban J connectivity index is 2.73. The predicted molar refractivity (Wildman–Crippen MR) is 91.3 cm³/mol. The average molecular weight is 324 g/mol. The van der Waals surface area contributed by atoms with E-state index in [1.807, 2.05) is 6.08 Å². The highest BCUT2D eigenvalue weighted by Gasteiger charge is 2.45. The second kappa shape index (κ2) is 10.5. The molecule has 0 saturated heterocycles. The smallest absolute Gasteiger partial charge is 0.311 e. The summed E-state index contributed by atoms with van der Waals surface area (Å²) in [6.07, 6.45) is 12.2. The number of carbonyl (C=O) groups is 2. The van der Waals surface area contributed by atoms with E-state index in [2.05, 4.69) is 13.8 Å². The van der Waals surface area contributed by atoms with Gasteiger partial charge in [-0.25, -0.2) is 0 Å². The monoisotopic (exact) mass is 324 g/mol. The topological polar surface area (TPSA) is 74.6 Å². The summed E-state index contributed by atoms with van der Waals surface area (Å²) in [7, 11) is 0. The molecule has 0 bridgehead atoms. The molecule has 23 heavy (non-hydrogen) atoms.